The van der Waals surface area contributed by atoms with Gasteiger partial charge in [0.2, 0.25) is 0 Å². The van der Waals surface area contributed by atoms with Gasteiger partial charge in [-0.05, 0) is 18.2 Å². The van der Waals surface area contributed by atoms with E-state index >= 15 is 0 Å². The molecule has 8 heteroatoms. The second-order valence-corrected chi connectivity index (χ2v) is 5.77. The summed E-state index contributed by atoms with van der Waals surface area (Å²) in [5.74, 6) is -1.62. The summed E-state index contributed by atoms with van der Waals surface area (Å²) in [5.41, 5.74) is 0.794. The lowest BCUT2D eigenvalue weighted by atomic mass is 10.2. The minimum absolute atomic E-state index is 0.0155. The van der Waals surface area contributed by atoms with Gasteiger partial charge in [0.15, 0.2) is 13.2 Å². The predicted octanol–water partition coefficient (Wildman–Crippen LogP) is 1.41. The topological polar surface area (TPSA) is 84.9 Å². The molecule has 1 aliphatic heterocycles. The van der Waals surface area contributed by atoms with E-state index in [2.05, 4.69) is 5.32 Å². The molecule has 1 aliphatic rings. The maximum absolute atomic E-state index is 13.5. The fourth-order valence-corrected chi connectivity index (χ4v) is 2.53. The van der Waals surface area contributed by atoms with Crippen LogP contribution in [0.4, 0.5) is 10.1 Å². The van der Waals surface area contributed by atoms with Crippen LogP contribution in [0.2, 0.25) is 0 Å². The molecule has 0 bridgehead atoms. The van der Waals surface area contributed by atoms with Gasteiger partial charge in [0, 0.05) is 12.1 Å². The molecule has 0 atom stereocenters. The number of nitrogens with zero attached hydrogens (tertiary/aromatic N) is 1. The molecule has 2 aromatic rings. The van der Waals surface area contributed by atoms with E-state index in [4.69, 9.17) is 9.47 Å². The lowest BCUT2D eigenvalue weighted by molar-refractivity contribution is -0.147. The zero-order valence-corrected chi connectivity index (χ0v) is 14.3. The van der Waals surface area contributed by atoms with Crippen molar-refractivity contribution in [2.24, 2.45) is 0 Å². The van der Waals surface area contributed by atoms with E-state index in [1.54, 1.807) is 42.5 Å². The summed E-state index contributed by atoms with van der Waals surface area (Å²) < 4.78 is 23.7. The molecule has 0 fully saturated rings. The molecule has 0 saturated carbocycles. The summed E-state index contributed by atoms with van der Waals surface area (Å²) in [4.78, 5) is 37.0. The number of halogens is 1. The van der Waals surface area contributed by atoms with Gasteiger partial charge in [0.1, 0.15) is 18.1 Å². The van der Waals surface area contributed by atoms with Crippen LogP contribution in [-0.2, 0) is 25.7 Å². The molecule has 3 rings (SSSR count). The van der Waals surface area contributed by atoms with Gasteiger partial charge in [-0.3, -0.25) is 19.3 Å². The lowest BCUT2D eigenvalue weighted by Gasteiger charge is -2.28. The number of nitrogens with one attached hydrogen (secondary N) is 1. The SMILES string of the molecule is O=C(COC(=O)CN1C(=O)COc2ccccc21)NCc1ccccc1F. The Balaban J connectivity index is 1.49. The Morgan fingerprint density at radius 1 is 1.15 bits per heavy atom. The number of para-hydroxylation sites is 2. The van der Waals surface area contributed by atoms with Crippen molar-refractivity contribution in [3.05, 3.63) is 59.9 Å². The molecule has 0 radical (unpaired) electrons. The van der Waals surface area contributed by atoms with E-state index in [0.717, 1.165) is 0 Å². The molecule has 1 heterocycles. The highest BCUT2D eigenvalue weighted by molar-refractivity contribution is 6.01. The van der Waals surface area contributed by atoms with E-state index < -0.39 is 24.3 Å². The third kappa shape index (κ3) is 4.60. The fraction of sp³-hybridized carbons (Fsp3) is 0.211. The number of anilines is 1. The molecule has 2 amide bonds. The van der Waals surface area contributed by atoms with Crippen LogP contribution in [0.3, 0.4) is 0 Å². The monoisotopic (exact) mass is 372 g/mol. The highest BCUT2D eigenvalue weighted by atomic mass is 19.1. The number of hydrogen-bond acceptors (Lipinski definition) is 5. The Hall–Kier alpha value is -3.42. The van der Waals surface area contributed by atoms with Gasteiger partial charge in [-0.15, -0.1) is 0 Å². The lowest BCUT2D eigenvalue weighted by Crippen LogP contribution is -2.43. The maximum Gasteiger partial charge on any atom is 0.326 e. The minimum Gasteiger partial charge on any atom is -0.482 e. The van der Waals surface area contributed by atoms with Crippen LogP contribution in [0.15, 0.2) is 48.5 Å². The summed E-state index contributed by atoms with van der Waals surface area (Å²) in [7, 11) is 0. The van der Waals surface area contributed by atoms with Crippen LogP contribution in [0.5, 0.6) is 5.75 Å². The molecule has 7 nitrogen and oxygen atoms in total. The number of benzene rings is 2. The number of amides is 2. The van der Waals surface area contributed by atoms with Crippen LogP contribution < -0.4 is 15.0 Å². The summed E-state index contributed by atoms with van der Waals surface area (Å²) in [6.45, 7) is -1.04. The Kier molecular flexibility index (Phi) is 5.65. The summed E-state index contributed by atoms with van der Waals surface area (Å²) in [6, 6.07) is 12.9. The molecule has 2 aromatic carbocycles. The molecule has 0 spiro atoms. The van der Waals surface area contributed by atoms with Gasteiger partial charge in [0.05, 0.1) is 5.69 Å². The van der Waals surface area contributed by atoms with E-state index in [1.807, 2.05) is 0 Å². The first-order chi connectivity index (χ1) is 13.0. The molecule has 27 heavy (non-hydrogen) atoms. The number of carbonyl (C=O) groups is 3. The van der Waals surface area contributed by atoms with Crippen molar-refractivity contribution >= 4 is 23.5 Å². The van der Waals surface area contributed by atoms with Crippen LogP contribution in [0.1, 0.15) is 5.56 Å². The number of carbonyl (C=O) groups excluding carboxylic acids is 3. The second kappa shape index (κ2) is 8.31. The predicted molar refractivity (Wildman–Crippen MR) is 93.5 cm³/mol. The highest BCUT2D eigenvalue weighted by Crippen LogP contribution is 2.31. The van der Waals surface area contributed by atoms with Crippen LogP contribution >= 0.6 is 0 Å². The average Bonchev–Trinajstić information content (AvgIpc) is 2.68. The number of fused-ring (bicyclic) bond motifs is 1. The van der Waals surface area contributed by atoms with E-state index in [-0.39, 0.29) is 25.6 Å². The Morgan fingerprint density at radius 3 is 2.70 bits per heavy atom. The maximum atomic E-state index is 13.5. The van der Waals surface area contributed by atoms with Gasteiger partial charge in [-0.2, -0.15) is 0 Å². The molecular formula is C19H17FN2O5. The number of ether oxygens (including phenoxy) is 2. The number of hydrogen-bond donors (Lipinski definition) is 1. The van der Waals surface area contributed by atoms with Gasteiger partial charge in [-0.25, -0.2) is 4.39 Å². The first-order valence-electron chi connectivity index (χ1n) is 8.22. The summed E-state index contributed by atoms with van der Waals surface area (Å²) in [6.07, 6.45) is 0. The average molecular weight is 372 g/mol. The van der Waals surface area contributed by atoms with Crippen LogP contribution in [0.25, 0.3) is 0 Å². The largest absolute Gasteiger partial charge is 0.482 e. The van der Waals surface area contributed by atoms with Crippen molar-refractivity contribution in [2.45, 2.75) is 6.54 Å². The van der Waals surface area contributed by atoms with E-state index in [1.165, 1.54) is 11.0 Å². The van der Waals surface area contributed by atoms with E-state index in [0.29, 0.717) is 17.0 Å². The van der Waals surface area contributed by atoms with Gasteiger partial charge >= 0.3 is 5.97 Å². The summed E-state index contributed by atoms with van der Waals surface area (Å²) in [5, 5.41) is 2.47. The number of rotatable bonds is 6. The zero-order chi connectivity index (χ0) is 19.2. The quantitative estimate of drug-likeness (QED) is 0.775. The zero-order valence-electron chi connectivity index (χ0n) is 14.3. The second-order valence-electron chi connectivity index (χ2n) is 5.77. The Labute approximate surface area is 154 Å². The van der Waals surface area contributed by atoms with Gasteiger partial charge in [-0.1, -0.05) is 30.3 Å². The molecule has 0 saturated heterocycles. The van der Waals surface area contributed by atoms with Crippen molar-refractivity contribution in [2.75, 3.05) is 24.7 Å². The summed E-state index contributed by atoms with van der Waals surface area (Å²) >= 11 is 0. The van der Waals surface area contributed by atoms with Crippen molar-refractivity contribution in [3.8, 4) is 5.75 Å². The molecule has 0 aliphatic carbocycles. The first kappa shape index (κ1) is 18.4. The Bertz CT molecular complexity index is 871. The first-order valence-corrected chi connectivity index (χ1v) is 8.22. The highest BCUT2D eigenvalue weighted by Gasteiger charge is 2.27. The third-order valence-corrected chi connectivity index (χ3v) is 3.89. The number of esters is 1. The molecule has 140 valence electrons. The van der Waals surface area contributed by atoms with Gasteiger partial charge < -0.3 is 14.8 Å². The third-order valence-electron chi connectivity index (χ3n) is 3.89. The standard InChI is InChI=1S/C19H17FN2O5/c20-14-6-2-1-5-13(14)9-21-17(23)11-27-19(25)10-22-15-7-3-4-8-16(15)26-12-18(22)24/h1-8H,9-12H2,(H,21,23). The van der Waals surface area contributed by atoms with Crippen LogP contribution in [0, 0.1) is 5.82 Å². The van der Waals surface area contributed by atoms with Crippen molar-refractivity contribution in [1.29, 1.82) is 0 Å². The van der Waals surface area contributed by atoms with E-state index in [9.17, 15) is 18.8 Å². The van der Waals surface area contributed by atoms with Crippen molar-refractivity contribution in [3.63, 3.8) is 0 Å². The molecule has 0 unspecified atom stereocenters. The van der Waals surface area contributed by atoms with Crippen LogP contribution in [-0.4, -0.2) is 37.5 Å². The minimum atomic E-state index is -0.735. The molecular weight excluding hydrogens is 355 g/mol. The van der Waals surface area contributed by atoms with Crippen molar-refractivity contribution < 1.29 is 28.2 Å². The Morgan fingerprint density at radius 2 is 1.89 bits per heavy atom. The molecule has 1 N–H and O–H groups in total. The normalized spacial score (nSPS) is 12.8. The van der Waals surface area contributed by atoms with Gasteiger partial charge in [0.25, 0.3) is 11.8 Å². The molecule has 0 aromatic heterocycles. The fourth-order valence-electron chi connectivity index (χ4n) is 2.53. The van der Waals surface area contributed by atoms with Crippen molar-refractivity contribution in [1.82, 2.24) is 5.32 Å². The smallest absolute Gasteiger partial charge is 0.326 e.